The standard InChI is InChI=1S/C20H20N4O3/c1-13(15-6-8-21-11-15)27-20-17-7-9-22-24(17)12-16(23-20)14-4-5-18(25-2)19(10-14)26-3/h4-13,21H,1-3H3/t13-/m1/s1. The lowest BCUT2D eigenvalue weighted by atomic mass is 10.1. The van der Waals surface area contributed by atoms with Gasteiger partial charge in [-0.05, 0) is 37.3 Å². The minimum absolute atomic E-state index is 0.150. The van der Waals surface area contributed by atoms with Crippen molar-refractivity contribution >= 4 is 5.52 Å². The second kappa shape index (κ2) is 7.03. The van der Waals surface area contributed by atoms with E-state index in [4.69, 9.17) is 19.2 Å². The zero-order valence-corrected chi connectivity index (χ0v) is 15.3. The fourth-order valence-corrected chi connectivity index (χ4v) is 2.94. The molecule has 3 aromatic heterocycles. The van der Waals surface area contributed by atoms with Crippen LogP contribution in [0.2, 0.25) is 0 Å². The molecule has 7 heteroatoms. The van der Waals surface area contributed by atoms with Gasteiger partial charge in [-0.1, -0.05) is 0 Å². The highest BCUT2D eigenvalue weighted by Crippen LogP contribution is 2.33. The second-order valence-corrected chi connectivity index (χ2v) is 6.07. The summed E-state index contributed by atoms with van der Waals surface area (Å²) in [6.45, 7) is 1.99. The van der Waals surface area contributed by atoms with E-state index in [-0.39, 0.29) is 6.10 Å². The molecule has 4 rings (SSSR count). The van der Waals surface area contributed by atoms with E-state index in [1.807, 2.05) is 55.8 Å². The van der Waals surface area contributed by atoms with Gasteiger partial charge in [-0.2, -0.15) is 5.10 Å². The summed E-state index contributed by atoms with van der Waals surface area (Å²) in [5.41, 5.74) is 3.46. The molecule has 0 aliphatic heterocycles. The maximum absolute atomic E-state index is 6.15. The fourth-order valence-electron chi connectivity index (χ4n) is 2.94. The predicted molar refractivity (Wildman–Crippen MR) is 101 cm³/mol. The van der Waals surface area contributed by atoms with Crippen molar-refractivity contribution in [2.24, 2.45) is 0 Å². The number of H-pyrrole nitrogens is 1. The van der Waals surface area contributed by atoms with E-state index < -0.39 is 0 Å². The third-order valence-corrected chi connectivity index (χ3v) is 4.42. The summed E-state index contributed by atoms with van der Waals surface area (Å²) in [7, 11) is 3.22. The van der Waals surface area contributed by atoms with Crippen LogP contribution in [0.25, 0.3) is 16.8 Å². The van der Waals surface area contributed by atoms with E-state index in [1.54, 1.807) is 24.9 Å². The van der Waals surface area contributed by atoms with Gasteiger partial charge in [0.05, 0.1) is 32.3 Å². The number of ether oxygens (including phenoxy) is 3. The van der Waals surface area contributed by atoms with E-state index in [0.717, 1.165) is 22.3 Å². The van der Waals surface area contributed by atoms with Gasteiger partial charge in [0.2, 0.25) is 5.88 Å². The van der Waals surface area contributed by atoms with Crippen molar-refractivity contribution in [3.05, 3.63) is 60.7 Å². The number of rotatable bonds is 6. The maximum Gasteiger partial charge on any atom is 0.241 e. The van der Waals surface area contributed by atoms with E-state index >= 15 is 0 Å². The highest BCUT2D eigenvalue weighted by molar-refractivity contribution is 5.67. The van der Waals surface area contributed by atoms with Crippen LogP contribution in [0.1, 0.15) is 18.6 Å². The molecule has 3 heterocycles. The minimum atomic E-state index is -0.150. The molecule has 27 heavy (non-hydrogen) atoms. The SMILES string of the molecule is COc1ccc(-c2cn3nccc3c(O[C@H](C)c3cc[nH]c3)n2)cc1OC. The zero-order valence-electron chi connectivity index (χ0n) is 15.3. The largest absolute Gasteiger partial charge is 0.493 e. The number of methoxy groups -OCH3 is 2. The number of nitrogens with one attached hydrogen (secondary N) is 1. The first kappa shape index (κ1) is 17.0. The zero-order chi connectivity index (χ0) is 18.8. The lowest BCUT2D eigenvalue weighted by Gasteiger charge is -2.15. The Labute approximate surface area is 156 Å². The Hall–Kier alpha value is -3.48. The predicted octanol–water partition coefficient (Wildman–Crippen LogP) is 3.88. The molecule has 7 nitrogen and oxygen atoms in total. The van der Waals surface area contributed by atoms with Gasteiger partial charge in [-0.15, -0.1) is 0 Å². The smallest absolute Gasteiger partial charge is 0.241 e. The van der Waals surface area contributed by atoms with E-state index in [2.05, 4.69) is 10.1 Å². The molecule has 138 valence electrons. The number of hydrogen-bond acceptors (Lipinski definition) is 5. The molecule has 0 spiro atoms. The molecule has 0 unspecified atom stereocenters. The monoisotopic (exact) mass is 364 g/mol. The molecule has 1 N–H and O–H groups in total. The molecule has 0 radical (unpaired) electrons. The molecule has 0 aliphatic carbocycles. The second-order valence-electron chi connectivity index (χ2n) is 6.07. The third kappa shape index (κ3) is 3.19. The van der Waals surface area contributed by atoms with Crippen molar-refractivity contribution in [1.29, 1.82) is 0 Å². The minimum Gasteiger partial charge on any atom is -0.493 e. The molecule has 0 amide bonds. The van der Waals surface area contributed by atoms with Gasteiger partial charge in [0.15, 0.2) is 11.5 Å². The molecule has 1 atom stereocenters. The Morgan fingerprint density at radius 1 is 1.07 bits per heavy atom. The molecule has 0 fully saturated rings. The van der Waals surface area contributed by atoms with Crippen molar-refractivity contribution in [3.8, 4) is 28.6 Å². The molecule has 1 aromatic carbocycles. The number of nitrogens with zero attached hydrogens (tertiary/aromatic N) is 3. The Bertz CT molecular complexity index is 1060. The lowest BCUT2D eigenvalue weighted by Crippen LogP contribution is -2.06. The van der Waals surface area contributed by atoms with Gasteiger partial charge in [-0.25, -0.2) is 9.50 Å². The first-order valence-corrected chi connectivity index (χ1v) is 8.55. The topological polar surface area (TPSA) is 73.7 Å². The average Bonchev–Trinajstić information content (AvgIpc) is 3.39. The average molecular weight is 364 g/mol. The van der Waals surface area contributed by atoms with Crippen molar-refractivity contribution < 1.29 is 14.2 Å². The quantitative estimate of drug-likeness (QED) is 0.562. The van der Waals surface area contributed by atoms with Gasteiger partial charge in [0, 0.05) is 23.5 Å². The van der Waals surface area contributed by atoms with Crippen molar-refractivity contribution in [2.45, 2.75) is 13.0 Å². The van der Waals surface area contributed by atoms with Crippen molar-refractivity contribution in [3.63, 3.8) is 0 Å². The van der Waals surface area contributed by atoms with Crippen LogP contribution in [-0.4, -0.2) is 33.8 Å². The lowest BCUT2D eigenvalue weighted by molar-refractivity contribution is 0.220. The van der Waals surface area contributed by atoms with Gasteiger partial charge < -0.3 is 19.2 Å². The molecular formula is C20H20N4O3. The van der Waals surface area contributed by atoms with Gasteiger partial charge in [-0.3, -0.25) is 0 Å². The van der Waals surface area contributed by atoms with Gasteiger partial charge in [0.25, 0.3) is 0 Å². The van der Waals surface area contributed by atoms with Crippen LogP contribution in [0, 0.1) is 0 Å². The van der Waals surface area contributed by atoms with Crippen LogP contribution in [0.4, 0.5) is 0 Å². The Morgan fingerprint density at radius 2 is 1.93 bits per heavy atom. The Kier molecular flexibility index (Phi) is 4.42. The van der Waals surface area contributed by atoms with Crippen molar-refractivity contribution in [2.75, 3.05) is 14.2 Å². The first-order valence-electron chi connectivity index (χ1n) is 8.55. The summed E-state index contributed by atoms with van der Waals surface area (Å²) >= 11 is 0. The fraction of sp³-hybridized carbons (Fsp3) is 0.200. The molecule has 4 aromatic rings. The van der Waals surface area contributed by atoms with E-state index in [0.29, 0.717) is 17.4 Å². The Balaban J connectivity index is 1.76. The first-order chi connectivity index (χ1) is 13.2. The van der Waals surface area contributed by atoms with E-state index in [9.17, 15) is 0 Å². The normalized spacial score (nSPS) is 12.1. The maximum atomic E-state index is 6.15. The van der Waals surface area contributed by atoms with Crippen LogP contribution >= 0.6 is 0 Å². The highest BCUT2D eigenvalue weighted by atomic mass is 16.5. The summed E-state index contributed by atoms with van der Waals surface area (Å²) in [6, 6.07) is 9.53. The molecule has 0 bridgehead atoms. The molecule has 0 aliphatic rings. The molecule has 0 saturated carbocycles. The number of benzene rings is 1. The number of aromatic nitrogens is 4. The molecular weight excluding hydrogens is 344 g/mol. The number of fused-ring (bicyclic) bond motifs is 1. The van der Waals surface area contributed by atoms with E-state index in [1.165, 1.54) is 0 Å². The number of hydrogen-bond donors (Lipinski definition) is 1. The van der Waals surface area contributed by atoms with Crippen LogP contribution in [-0.2, 0) is 0 Å². The number of aromatic amines is 1. The summed E-state index contributed by atoms with van der Waals surface area (Å²) in [4.78, 5) is 7.78. The summed E-state index contributed by atoms with van der Waals surface area (Å²) < 4.78 is 18.6. The van der Waals surface area contributed by atoms with Gasteiger partial charge in [0.1, 0.15) is 11.6 Å². The van der Waals surface area contributed by atoms with Crippen LogP contribution in [0.15, 0.2) is 55.1 Å². The summed E-state index contributed by atoms with van der Waals surface area (Å²) in [6.07, 6.45) is 7.23. The van der Waals surface area contributed by atoms with Gasteiger partial charge >= 0.3 is 0 Å². The highest BCUT2D eigenvalue weighted by Gasteiger charge is 2.15. The Morgan fingerprint density at radius 3 is 2.67 bits per heavy atom. The van der Waals surface area contributed by atoms with Crippen LogP contribution < -0.4 is 14.2 Å². The summed E-state index contributed by atoms with van der Waals surface area (Å²) in [5, 5.41) is 4.35. The summed E-state index contributed by atoms with van der Waals surface area (Å²) in [5.74, 6) is 1.83. The van der Waals surface area contributed by atoms with Crippen LogP contribution in [0.3, 0.4) is 0 Å². The molecule has 0 saturated heterocycles. The third-order valence-electron chi connectivity index (χ3n) is 4.42. The van der Waals surface area contributed by atoms with Crippen molar-refractivity contribution in [1.82, 2.24) is 19.6 Å². The van der Waals surface area contributed by atoms with Crippen LogP contribution in [0.5, 0.6) is 17.4 Å².